The van der Waals surface area contributed by atoms with Crippen molar-refractivity contribution in [2.24, 2.45) is 0 Å². The highest BCUT2D eigenvalue weighted by atomic mass is 16.3. The number of aromatic nitrogens is 1. The second kappa shape index (κ2) is 5.62. The molecule has 3 rings (SSSR count). The van der Waals surface area contributed by atoms with Gasteiger partial charge in [-0.05, 0) is 19.1 Å². The SMILES string of the molecule is CCN1C2=C(CN(c3ncccc3C#N)CC2)NC1CO. The van der Waals surface area contributed by atoms with Crippen molar-refractivity contribution in [3.05, 3.63) is 35.3 Å². The van der Waals surface area contributed by atoms with Crippen molar-refractivity contribution in [2.45, 2.75) is 19.5 Å². The molecule has 0 fully saturated rings. The van der Waals surface area contributed by atoms with E-state index in [2.05, 4.69) is 33.1 Å². The van der Waals surface area contributed by atoms with E-state index in [1.807, 2.05) is 0 Å². The normalized spacial score (nSPS) is 21.1. The molecule has 1 aromatic heterocycles. The number of nitrogens with one attached hydrogen (secondary N) is 1. The predicted octanol–water partition coefficient (Wildman–Crippen LogP) is 0.618. The molecular formula is C15H19N5O. The maximum Gasteiger partial charge on any atom is 0.146 e. The minimum Gasteiger partial charge on any atom is -0.392 e. The molecule has 110 valence electrons. The number of hydrogen-bond donors (Lipinski definition) is 2. The number of aliphatic hydroxyl groups is 1. The minimum atomic E-state index is -0.0286. The molecule has 0 saturated carbocycles. The van der Waals surface area contributed by atoms with Crippen molar-refractivity contribution in [3.63, 3.8) is 0 Å². The van der Waals surface area contributed by atoms with Gasteiger partial charge in [0.25, 0.3) is 0 Å². The lowest BCUT2D eigenvalue weighted by atomic mass is 10.1. The highest BCUT2D eigenvalue weighted by Crippen LogP contribution is 2.30. The van der Waals surface area contributed by atoms with E-state index in [4.69, 9.17) is 0 Å². The van der Waals surface area contributed by atoms with E-state index in [1.165, 1.54) is 5.70 Å². The van der Waals surface area contributed by atoms with E-state index < -0.39 is 0 Å². The van der Waals surface area contributed by atoms with Gasteiger partial charge >= 0.3 is 0 Å². The standard InChI is InChI=1S/C15H19N5O/c1-2-20-13-5-7-19(9-12(13)18-14(20)10-21)15-11(8-16)4-3-6-17-15/h3-4,6,14,18,21H,2,5,7,9-10H2,1H3. The average Bonchev–Trinajstić information content (AvgIpc) is 2.91. The third-order valence-electron chi connectivity index (χ3n) is 4.10. The van der Waals surface area contributed by atoms with Crippen LogP contribution in [0.15, 0.2) is 29.7 Å². The van der Waals surface area contributed by atoms with Crippen LogP contribution in [0.5, 0.6) is 0 Å². The number of aliphatic hydroxyl groups excluding tert-OH is 1. The molecule has 21 heavy (non-hydrogen) atoms. The molecule has 0 radical (unpaired) electrons. The quantitative estimate of drug-likeness (QED) is 0.848. The van der Waals surface area contributed by atoms with Gasteiger partial charge in [0.1, 0.15) is 18.1 Å². The lowest BCUT2D eigenvalue weighted by Crippen LogP contribution is -2.40. The van der Waals surface area contributed by atoms with Gasteiger partial charge in [0.05, 0.1) is 24.4 Å². The van der Waals surface area contributed by atoms with Crippen LogP contribution < -0.4 is 10.2 Å². The summed E-state index contributed by atoms with van der Waals surface area (Å²) < 4.78 is 0. The van der Waals surface area contributed by atoms with Crippen LogP contribution in [0.1, 0.15) is 18.9 Å². The molecule has 3 heterocycles. The summed E-state index contributed by atoms with van der Waals surface area (Å²) in [5, 5.41) is 22.1. The largest absolute Gasteiger partial charge is 0.392 e. The van der Waals surface area contributed by atoms with Gasteiger partial charge in [-0.15, -0.1) is 0 Å². The second-order valence-corrected chi connectivity index (χ2v) is 5.21. The van der Waals surface area contributed by atoms with Gasteiger partial charge in [0.15, 0.2) is 0 Å². The summed E-state index contributed by atoms with van der Waals surface area (Å²) >= 11 is 0. The first-order valence-electron chi connectivity index (χ1n) is 7.24. The molecule has 1 unspecified atom stereocenters. The Hall–Kier alpha value is -2.26. The van der Waals surface area contributed by atoms with Crippen molar-refractivity contribution in [2.75, 3.05) is 31.1 Å². The highest BCUT2D eigenvalue weighted by Gasteiger charge is 2.33. The molecule has 6 heteroatoms. The van der Waals surface area contributed by atoms with Crippen LogP contribution >= 0.6 is 0 Å². The molecule has 6 nitrogen and oxygen atoms in total. The van der Waals surface area contributed by atoms with E-state index in [-0.39, 0.29) is 12.8 Å². The number of nitrogens with zero attached hydrogens (tertiary/aromatic N) is 4. The number of nitriles is 1. The first-order valence-corrected chi connectivity index (χ1v) is 7.24. The van der Waals surface area contributed by atoms with E-state index in [1.54, 1.807) is 18.3 Å². The maximum atomic E-state index is 9.48. The Morgan fingerprint density at radius 2 is 2.43 bits per heavy atom. The molecule has 0 spiro atoms. The highest BCUT2D eigenvalue weighted by molar-refractivity contribution is 5.55. The summed E-state index contributed by atoms with van der Waals surface area (Å²) in [6.07, 6.45) is 2.59. The summed E-state index contributed by atoms with van der Waals surface area (Å²) in [5.74, 6) is 0.740. The van der Waals surface area contributed by atoms with Gasteiger partial charge < -0.3 is 20.2 Å². The van der Waals surface area contributed by atoms with Crippen molar-refractivity contribution >= 4 is 5.82 Å². The number of hydrogen-bond acceptors (Lipinski definition) is 6. The molecule has 2 aliphatic heterocycles. The molecule has 0 bridgehead atoms. The van der Waals surface area contributed by atoms with Gasteiger partial charge in [0, 0.05) is 31.4 Å². The average molecular weight is 285 g/mol. The molecule has 1 atom stereocenters. The smallest absolute Gasteiger partial charge is 0.146 e. The Morgan fingerprint density at radius 3 is 3.14 bits per heavy atom. The summed E-state index contributed by atoms with van der Waals surface area (Å²) in [5.41, 5.74) is 3.02. The summed E-state index contributed by atoms with van der Waals surface area (Å²) in [4.78, 5) is 8.70. The maximum absolute atomic E-state index is 9.48. The van der Waals surface area contributed by atoms with Crippen LogP contribution in [0.2, 0.25) is 0 Å². The van der Waals surface area contributed by atoms with E-state index in [9.17, 15) is 10.4 Å². The molecular weight excluding hydrogens is 266 g/mol. The van der Waals surface area contributed by atoms with E-state index >= 15 is 0 Å². The van der Waals surface area contributed by atoms with Crippen LogP contribution in [-0.4, -0.2) is 47.4 Å². The van der Waals surface area contributed by atoms with Crippen LogP contribution in [0, 0.1) is 11.3 Å². The molecule has 1 aromatic rings. The topological polar surface area (TPSA) is 75.4 Å². The van der Waals surface area contributed by atoms with Gasteiger partial charge in [-0.3, -0.25) is 0 Å². The third-order valence-corrected chi connectivity index (χ3v) is 4.10. The van der Waals surface area contributed by atoms with Gasteiger partial charge in [-0.2, -0.15) is 5.26 Å². The van der Waals surface area contributed by atoms with Crippen molar-refractivity contribution in [1.82, 2.24) is 15.2 Å². The zero-order valence-corrected chi connectivity index (χ0v) is 12.1. The fraction of sp³-hybridized carbons (Fsp3) is 0.467. The summed E-state index contributed by atoms with van der Waals surface area (Å²) in [6, 6.07) is 5.78. The Kier molecular flexibility index (Phi) is 3.67. The van der Waals surface area contributed by atoms with Crippen molar-refractivity contribution < 1.29 is 5.11 Å². The zero-order chi connectivity index (χ0) is 14.8. The Labute approximate surface area is 124 Å². The molecule has 2 aliphatic rings. The number of rotatable bonds is 3. The Balaban J connectivity index is 1.85. The van der Waals surface area contributed by atoms with Crippen LogP contribution in [-0.2, 0) is 0 Å². The Morgan fingerprint density at radius 1 is 1.57 bits per heavy atom. The Bertz CT molecular complexity index is 606. The first-order chi connectivity index (χ1) is 10.3. The monoisotopic (exact) mass is 285 g/mol. The van der Waals surface area contributed by atoms with E-state index in [0.717, 1.165) is 31.0 Å². The predicted molar refractivity (Wildman–Crippen MR) is 79.2 cm³/mol. The van der Waals surface area contributed by atoms with E-state index in [0.29, 0.717) is 12.1 Å². The van der Waals surface area contributed by atoms with Gasteiger partial charge in [0.2, 0.25) is 0 Å². The van der Waals surface area contributed by atoms with Crippen molar-refractivity contribution in [1.29, 1.82) is 5.26 Å². The summed E-state index contributed by atoms with van der Waals surface area (Å²) in [7, 11) is 0. The number of likely N-dealkylation sites (N-methyl/N-ethyl adjacent to an activating group) is 1. The van der Waals surface area contributed by atoms with Crippen LogP contribution in [0.3, 0.4) is 0 Å². The first kappa shape index (κ1) is 13.7. The number of pyridine rings is 1. The fourth-order valence-corrected chi connectivity index (χ4v) is 3.14. The minimum absolute atomic E-state index is 0.0286. The molecule has 0 aromatic carbocycles. The van der Waals surface area contributed by atoms with Gasteiger partial charge in [-0.1, -0.05) is 0 Å². The lowest BCUT2D eigenvalue weighted by Gasteiger charge is -2.31. The molecule has 0 saturated heterocycles. The zero-order valence-electron chi connectivity index (χ0n) is 12.1. The molecule has 0 aliphatic carbocycles. The second-order valence-electron chi connectivity index (χ2n) is 5.21. The van der Waals surface area contributed by atoms with Gasteiger partial charge in [-0.25, -0.2) is 4.98 Å². The van der Waals surface area contributed by atoms with Crippen molar-refractivity contribution in [3.8, 4) is 6.07 Å². The van der Waals surface area contributed by atoms with Crippen LogP contribution in [0.25, 0.3) is 0 Å². The lowest BCUT2D eigenvalue weighted by molar-refractivity contribution is 0.157. The summed E-state index contributed by atoms with van der Waals surface area (Å²) in [6.45, 7) is 4.60. The third kappa shape index (κ3) is 2.30. The molecule has 0 amide bonds. The van der Waals surface area contributed by atoms with Crippen LogP contribution in [0.4, 0.5) is 5.82 Å². The fourth-order valence-electron chi connectivity index (χ4n) is 3.14. The molecule has 2 N–H and O–H groups in total. The number of anilines is 1.